The van der Waals surface area contributed by atoms with Gasteiger partial charge in [-0.25, -0.2) is 8.42 Å². The van der Waals surface area contributed by atoms with Crippen LogP contribution in [0.2, 0.25) is 5.02 Å². The minimum Gasteiger partial charge on any atom is -0.350 e. The van der Waals surface area contributed by atoms with Gasteiger partial charge in [-0.15, -0.1) is 0 Å². The third-order valence-corrected chi connectivity index (χ3v) is 6.06. The Kier molecular flexibility index (Phi) is 6.89. The Balaban J connectivity index is 2.32. The smallest absolute Gasteiger partial charge is 0.263 e. The summed E-state index contributed by atoms with van der Waals surface area (Å²) < 4.78 is 28.2. The number of aryl methyl sites for hydroxylation is 2. The van der Waals surface area contributed by atoms with Crippen LogP contribution in [-0.2, 0) is 10.0 Å². The van der Waals surface area contributed by atoms with E-state index in [1.54, 1.807) is 6.07 Å². The largest absolute Gasteiger partial charge is 0.350 e. The van der Waals surface area contributed by atoms with Crippen molar-refractivity contribution in [3.63, 3.8) is 0 Å². The van der Waals surface area contributed by atoms with E-state index < -0.39 is 10.0 Å². The second-order valence-electron chi connectivity index (χ2n) is 6.73. The maximum absolute atomic E-state index is 12.8. The number of carbonyl (C=O) groups excluding carboxylic acids is 1. The Hall–Kier alpha value is -2.05. The Labute approximate surface area is 166 Å². The molecule has 0 heterocycles. The van der Waals surface area contributed by atoms with E-state index in [1.807, 2.05) is 39.8 Å². The van der Waals surface area contributed by atoms with E-state index in [2.05, 4.69) is 10.0 Å². The lowest BCUT2D eigenvalue weighted by Crippen LogP contribution is -2.32. The fraction of sp³-hybridized carbons (Fsp3) is 0.350. The molecule has 0 aliphatic carbocycles. The summed E-state index contributed by atoms with van der Waals surface area (Å²) in [6, 6.07) is 9.68. The molecule has 0 unspecified atom stereocenters. The molecule has 1 amide bonds. The number of benzene rings is 2. The first-order valence-corrected chi connectivity index (χ1v) is 10.7. The lowest BCUT2D eigenvalue weighted by Gasteiger charge is -2.15. The maximum atomic E-state index is 12.8. The molecule has 0 bridgehead atoms. The van der Waals surface area contributed by atoms with Crippen molar-refractivity contribution in [1.82, 2.24) is 5.32 Å². The summed E-state index contributed by atoms with van der Waals surface area (Å²) >= 11 is 6.12. The number of rotatable bonds is 7. The molecule has 0 fully saturated rings. The van der Waals surface area contributed by atoms with Crippen molar-refractivity contribution in [3.8, 4) is 0 Å². The summed E-state index contributed by atoms with van der Waals surface area (Å²) in [5.74, 6) is -0.324. The van der Waals surface area contributed by atoms with E-state index in [0.717, 1.165) is 24.0 Å². The fourth-order valence-corrected chi connectivity index (χ4v) is 4.45. The van der Waals surface area contributed by atoms with Gasteiger partial charge in [0.05, 0.1) is 10.7 Å². The van der Waals surface area contributed by atoms with Crippen LogP contribution < -0.4 is 10.0 Å². The van der Waals surface area contributed by atoms with E-state index in [4.69, 9.17) is 11.6 Å². The zero-order valence-corrected chi connectivity index (χ0v) is 17.5. The molecule has 0 spiro atoms. The average molecular weight is 409 g/mol. The summed E-state index contributed by atoms with van der Waals surface area (Å²) in [6.45, 7) is 7.71. The van der Waals surface area contributed by atoms with Crippen LogP contribution in [0.25, 0.3) is 0 Å². The van der Waals surface area contributed by atoms with E-state index in [9.17, 15) is 13.2 Å². The Morgan fingerprint density at radius 2 is 1.85 bits per heavy atom. The van der Waals surface area contributed by atoms with Crippen molar-refractivity contribution in [2.75, 3.05) is 4.72 Å². The fourth-order valence-electron chi connectivity index (χ4n) is 2.79. The maximum Gasteiger partial charge on any atom is 0.263 e. The van der Waals surface area contributed by atoms with Gasteiger partial charge in [0.2, 0.25) is 0 Å². The molecule has 7 heteroatoms. The molecule has 0 aliphatic heterocycles. The number of amides is 1. The van der Waals surface area contributed by atoms with Crippen molar-refractivity contribution in [2.24, 2.45) is 0 Å². The van der Waals surface area contributed by atoms with Crippen molar-refractivity contribution in [2.45, 2.75) is 51.5 Å². The summed E-state index contributed by atoms with van der Waals surface area (Å²) in [6.07, 6.45) is 1.79. The molecule has 146 valence electrons. The van der Waals surface area contributed by atoms with Gasteiger partial charge in [0.1, 0.15) is 4.90 Å². The van der Waals surface area contributed by atoms with Crippen LogP contribution in [0.1, 0.15) is 48.2 Å². The molecule has 2 N–H and O–H groups in total. The van der Waals surface area contributed by atoms with Gasteiger partial charge >= 0.3 is 0 Å². The minimum atomic E-state index is -3.94. The summed E-state index contributed by atoms with van der Waals surface area (Å²) in [5, 5.41) is 2.92. The van der Waals surface area contributed by atoms with Gasteiger partial charge in [-0.3, -0.25) is 9.52 Å². The average Bonchev–Trinajstić information content (AvgIpc) is 2.57. The molecule has 2 aromatic rings. The highest BCUT2D eigenvalue weighted by molar-refractivity contribution is 7.92. The van der Waals surface area contributed by atoms with Gasteiger partial charge in [0, 0.05) is 11.6 Å². The zero-order chi connectivity index (χ0) is 20.2. The molecule has 0 aromatic heterocycles. The van der Waals surface area contributed by atoms with Gasteiger partial charge in [0.25, 0.3) is 15.9 Å². The van der Waals surface area contributed by atoms with Gasteiger partial charge in [-0.05, 0) is 57.0 Å². The third-order valence-electron chi connectivity index (χ3n) is 4.21. The number of hydrogen-bond acceptors (Lipinski definition) is 3. The molecule has 1 atom stereocenters. The van der Waals surface area contributed by atoms with Gasteiger partial charge < -0.3 is 5.32 Å². The van der Waals surface area contributed by atoms with Crippen LogP contribution in [-0.4, -0.2) is 20.4 Å². The highest BCUT2D eigenvalue weighted by Gasteiger charge is 2.21. The minimum absolute atomic E-state index is 0.00608. The first-order valence-electron chi connectivity index (χ1n) is 8.84. The normalized spacial score (nSPS) is 12.5. The van der Waals surface area contributed by atoms with E-state index >= 15 is 0 Å². The van der Waals surface area contributed by atoms with Gasteiger partial charge in [-0.1, -0.05) is 42.6 Å². The molecule has 27 heavy (non-hydrogen) atoms. The van der Waals surface area contributed by atoms with Crippen LogP contribution in [0.4, 0.5) is 5.69 Å². The molecular formula is C20H25ClN2O3S. The van der Waals surface area contributed by atoms with Crippen LogP contribution >= 0.6 is 11.6 Å². The Morgan fingerprint density at radius 1 is 1.15 bits per heavy atom. The van der Waals surface area contributed by atoms with Crippen molar-refractivity contribution in [3.05, 3.63) is 58.1 Å². The van der Waals surface area contributed by atoms with Gasteiger partial charge in [0.15, 0.2) is 0 Å². The van der Waals surface area contributed by atoms with E-state index in [-0.39, 0.29) is 27.4 Å². The molecular weight excluding hydrogens is 384 g/mol. The SMILES string of the molecule is CCC[C@@H](C)NC(=O)c1ccc(Cl)c(S(=O)(=O)Nc2ccc(C)cc2C)c1. The quantitative estimate of drug-likeness (QED) is 0.698. The van der Waals surface area contributed by atoms with Gasteiger partial charge in [-0.2, -0.15) is 0 Å². The molecule has 0 saturated heterocycles. The molecule has 0 radical (unpaired) electrons. The van der Waals surface area contributed by atoms with E-state index in [1.165, 1.54) is 18.2 Å². The number of carbonyl (C=O) groups is 1. The zero-order valence-electron chi connectivity index (χ0n) is 16.0. The second kappa shape index (κ2) is 8.76. The number of nitrogens with one attached hydrogen (secondary N) is 2. The molecule has 2 rings (SSSR count). The first-order chi connectivity index (χ1) is 12.6. The standard InChI is InChI=1S/C20H25ClN2O3S/c1-5-6-15(4)22-20(24)16-8-9-17(21)19(12-16)27(25,26)23-18-10-7-13(2)11-14(18)3/h7-12,15,23H,5-6H2,1-4H3,(H,22,24)/t15-/m1/s1. The van der Waals surface area contributed by atoms with Crippen molar-refractivity contribution < 1.29 is 13.2 Å². The number of sulfonamides is 1. The Bertz CT molecular complexity index is 942. The highest BCUT2D eigenvalue weighted by Crippen LogP contribution is 2.26. The highest BCUT2D eigenvalue weighted by atomic mass is 35.5. The predicted molar refractivity (Wildman–Crippen MR) is 110 cm³/mol. The molecule has 2 aromatic carbocycles. The van der Waals surface area contributed by atoms with Crippen LogP contribution in [0.5, 0.6) is 0 Å². The second-order valence-corrected chi connectivity index (χ2v) is 8.79. The number of hydrogen-bond donors (Lipinski definition) is 2. The van der Waals surface area contributed by atoms with Crippen LogP contribution in [0.15, 0.2) is 41.3 Å². The molecule has 0 saturated carbocycles. The van der Waals surface area contributed by atoms with Crippen molar-refractivity contribution >= 4 is 33.2 Å². The molecule has 0 aliphatic rings. The topological polar surface area (TPSA) is 75.3 Å². The molecule has 5 nitrogen and oxygen atoms in total. The lowest BCUT2D eigenvalue weighted by atomic mass is 10.1. The van der Waals surface area contributed by atoms with Crippen molar-refractivity contribution in [1.29, 1.82) is 0 Å². The monoisotopic (exact) mass is 408 g/mol. The first kappa shape index (κ1) is 21.3. The Morgan fingerprint density at radius 3 is 2.48 bits per heavy atom. The number of anilines is 1. The summed E-state index contributed by atoms with van der Waals surface area (Å²) in [7, 11) is -3.94. The third kappa shape index (κ3) is 5.47. The predicted octanol–water partition coefficient (Wildman–Crippen LogP) is 4.68. The summed E-state index contributed by atoms with van der Waals surface area (Å²) in [5.41, 5.74) is 2.57. The lowest BCUT2D eigenvalue weighted by molar-refractivity contribution is 0.0938. The summed E-state index contributed by atoms with van der Waals surface area (Å²) in [4.78, 5) is 12.3. The van der Waals surface area contributed by atoms with E-state index in [0.29, 0.717) is 5.69 Å². The van der Waals surface area contributed by atoms with Crippen LogP contribution in [0, 0.1) is 13.8 Å². The van der Waals surface area contributed by atoms with Crippen LogP contribution in [0.3, 0.4) is 0 Å². The number of halogens is 1.